The third kappa shape index (κ3) is 6.04. The Bertz CT molecular complexity index is 1210. The number of pyridine rings is 1. The molecule has 0 radical (unpaired) electrons. The van der Waals surface area contributed by atoms with Gasteiger partial charge in [-0.3, -0.25) is 14.4 Å². The van der Waals surface area contributed by atoms with Crippen LogP contribution in [0, 0.1) is 13.8 Å². The van der Waals surface area contributed by atoms with Crippen molar-refractivity contribution < 1.29 is 19.1 Å². The van der Waals surface area contributed by atoms with Crippen molar-refractivity contribution in [2.24, 2.45) is 0 Å². The summed E-state index contributed by atoms with van der Waals surface area (Å²) in [5, 5.41) is 5.73. The summed E-state index contributed by atoms with van der Waals surface area (Å²) in [5.74, 6) is 0.224. The van der Waals surface area contributed by atoms with Crippen molar-refractivity contribution in [1.82, 2.24) is 4.57 Å². The quantitative estimate of drug-likeness (QED) is 0.497. The van der Waals surface area contributed by atoms with Gasteiger partial charge >= 0.3 is 0 Å². The first-order chi connectivity index (χ1) is 16.3. The molecule has 2 amide bonds. The highest BCUT2D eigenvalue weighted by molar-refractivity contribution is 6.05. The van der Waals surface area contributed by atoms with Crippen LogP contribution in [-0.4, -0.2) is 29.6 Å². The zero-order valence-electron chi connectivity index (χ0n) is 19.8. The molecule has 1 aromatic heterocycles. The molecule has 178 valence electrons. The Balaban J connectivity index is 1.89. The summed E-state index contributed by atoms with van der Waals surface area (Å²) >= 11 is 0. The van der Waals surface area contributed by atoms with Crippen LogP contribution in [0.4, 0.5) is 11.4 Å². The summed E-state index contributed by atoms with van der Waals surface area (Å²) in [5.41, 5.74) is 2.65. The maximum Gasteiger partial charge on any atom is 0.255 e. The Morgan fingerprint density at radius 1 is 0.824 bits per heavy atom. The maximum atomic E-state index is 12.9. The van der Waals surface area contributed by atoms with E-state index in [9.17, 15) is 14.4 Å². The summed E-state index contributed by atoms with van der Waals surface area (Å²) < 4.78 is 13.2. The average molecular weight is 464 g/mol. The first kappa shape index (κ1) is 24.6. The molecular formula is C26H29N3O5. The number of aromatic nitrogens is 1. The van der Waals surface area contributed by atoms with Crippen LogP contribution in [0.5, 0.6) is 11.5 Å². The Morgan fingerprint density at radius 2 is 1.35 bits per heavy atom. The van der Waals surface area contributed by atoms with E-state index in [2.05, 4.69) is 10.6 Å². The molecule has 8 nitrogen and oxygen atoms in total. The monoisotopic (exact) mass is 463 g/mol. The standard InChI is InChI=1S/C26H29N3O5/c1-5-33-23-15-22(28-26(32)19-10-8-7-9-11-19)24(34-6-2)14-21(23)27-25(31)16-29-17(3)12-20(30)13-18(29)4/h7-15H,5-6,16H2,1-4H3,(H,27,31)(H,28,32). The van der Waals surface area contributed by atoms with E-state index in [-0.39, 0.29) is 23.8 Å². The Hall–Kier alpha value is -4.07. The van der Waals surface area contributed by atoms with E-state index >= 15 is 0 Å². The number of hydrogen-bond acceptors (Lipinski definition) is 5. The fraction of sp³-hybridized carbons (Fsp3) is 0.269. The maximum absolute atomic E-state index is 12.9. The molecule has 2 N–H and O–H groups in total. The van der Waals surface area contributed by atoms with Crippen LogP contribution in [0.15, 0.2) is 59.4 Å². The second kappa shape index (κ2) is 11.2. The predicted molar refractivity (Wildman–Crippen MR) is 132 cm³/mol. The number of amides is 2. The average Bonchev–Trinajstić information content (AvgIpc) is 2.79. The van der Waals surface area contributed by atoms with Crippen molar-refractivity contribution in [1.29, 1.82) is 0 Å². The molecule has 0 saturated carbocycles. The predicted octanol–water partition coefficient (Wildman–Crippen LogP) is 4.15. The number of carbonyl (C=O) groups is 2. The van der Waals surface area contributed by atoms with Gasteiger partial charge in [0.15, 0.2) is 5.43 Å². The highest BCUT2D eigenvalue weighted by Crippen LogP contribution is 2.37. The van der Waals surface area contributed by atoms with Crippen molar-refractivity contribution in [3.8, 4) is 11.5 Å². The van der Waals surface area contributed by atoms with E-state index in [1.54, 1.807) is 54.8 Å². The number of nitrogens with one attached hydrogen (secondary N) is 2. The summed E-state index contributed by atoms with van der Waals surface area (Å²) in [7, 11) is 0. The van der Waals surface area contributed by atoms with E-state index in [1.165, 1.54) is 12.1 Å². The number of ether oxygens (including phenoxy) is 2. The Morgan fingerprint density at radius 3 is 1.88 bits per heavy atom. The minimum absolute atomic E-state index is 0.0278. The van der Waals surface area contributed by atoms with Gasteiger partial charge in [-0.2, -0.15) is 0 Å². The first-order valence-electron chi connectivity index (χ1n) is 11.1. The second-order valence-corrected chi connectivity index (χ2v) is 7.64. The van der Waals surface area contributed by atoms with Crippen molar-refractivity contribution in [3.05, 3.63) is 81.8 Å². The number of nitrogens with zero attached hydrogens (tertiary/aromatic N) is 1. The highest BCUT2D eigenvalue weighted by Gasteiger charge is 2.17. The third-order valence-electron chi connectivity index (χ3n) is 5.10. The largest absolute Gasteiger partial charge is 0.492 e. The van der Waals surface area contributed by atoms with Gasteiger partial charge in [0.25, 0.3) is 5.91 Å². The number of rotatable bonds is 9. The van der Waals surface area contributed by atoms with Crippen LogP contribution in [0.1, 0.15) is 35.6 Å². The molecular weight excluding hydrogens is 434 g/mol. The lowest BCUT2D eigenvalue weighted by atomic mass is 10.2. The van der Waals surface area contributed by atoms with Crippen molar-refractivity contribution in [2.45, 2.75) is 34.2 Å². The molecule has 3 aromatic rings. The molecule has 0 spiro atoms. The molecule has 8 heteroatoms. The Labute approximate surface area is 198 Å². The lowest BCUT2D eigenvalue weighted by Crippen LogP contribution is -2.23. The smallest absolute Gasteiger partial charge is 0.255 e. The number of anilines is 2. The van der Waals surface area contributed by atoms with Crippen molar-refractivity contribution in [2.75, 3.05) is 23.8 Å². The van der Waals surface area contributed by atoms with Gasteiger partial charge in [0.05, 0.1) is 24.6 Å². The Kier molecular flexibility index (Phi) is 8.08. The molecule has 0 aliphatic rings. The van der Waals surface area contributed by atoms with Gasteiger partial charge in [-0.15, -0.1) is 0 Å². The van der Waals surface area contributed by atoms with Gasteiger partial charge < -0.3 is 24.7 Å². The molecule has 0 fully saturated rings. The normalized spacial score (nSPS) is 10.5. The van der Waals surface area contributed by atoms with Crippen LogP contribution in [0.25, 0.3) is 0 Å². The van der Waals surface area contributed by atoms with E-state index in [0.29, 0.717) is 53.0 Å². The summed E-state index contributed by atoms with van der Waals surface area (Å²) in [6.45, 7) is 7.98. The van der Waals surface area contributed by atoms with Crippen LogP contribution >= 0.6 is 0 Å². The summed E-state index contributed by atoms with van der Waals surface area (Å²) in [4.78, 5) is 37.2. The number of carbonyl (C=O) groups excluding carboxylic acids is 2. The SMILES string of the molecule is CCOc1cc(NC(=O)c2ccccc2)c(OCC)cc1NC(=O)Cn1c(C)cc(=O)cc1C. The number of benzene rings is 2. The molecule has 0 aliphatic carbocycles. The van der Waals surface area contributed by atoms with Crippen molar-refractivity contribution >= 4 is 23.2 Å². The first-order valence-corrected chi connectivity index (χ1v) is 11.1. The minimum Gasteiger partial charge on any atom is -0.492 e. The summed E-state index contributed by atoms with van der Waals surface area (Å²) in [6, 6.07) is 15.1. The van der Waals surface area contributed by atoms with E-state index in [4.69, 9.17) is 9.47 Å². The van der Waals surface area contributed by atoms with Gasteiger partial charge in [-0.25, -0.2) is 0 Å². The van der Waals surface area contributed by atoms with Gasteiger partial charge in [0.1, 0.15) is 18.0 Å². The van der Waals surface area contributed by atoms with Crippen LogP contribution in [-0.2, 0) is 11.3 Å². The molecule has 0 unspecified atom stereocenters. The van der Waals surface area contributed by atoms with E-state index in [0.717, 1.165) is 0 Å². The van der Waals surface area contributed by atoms with Gasteiger partial charge in [-0.05, 0) is 39.8 Å². The molecule has 0 bridgehead atoms. The third-order valence-corrected chi connectivity index (χ3v) is 5.10. The molecule has 34 heavy (non-hydrogen) atoms. The van der Waals surface area contributed by atoms with Gasteiger partial charge in [-0.1, -0.05) is 18.2 Å². The second-order valence-electron chi connectivity index (χ2n) is 7.64. The number of hydrogen-bond donors (Lipinski definition) is 2. The molecule has 1 heterocycles. The zero-order chi connectivity index (χ0) is 24.7. The molecule has 0 atom stereocenters. The molecule has 0 saturated heterocycles. The minimum atomic E-state index is -0.292. The fourth-order valence-corrected chi connectivity index (χ4v) is 3.56. The van der Waals surface area contributed by atoms with E-state index in [1.807, 2.05) is 19.9 Å². The molecule has 2 aromatic carbocycles. The highest BCUT2D eigenvalue weighted by atomic mass is 16.5. The number of aryl methyl sites for hydroxylation is 2. The van der Waals surface area contributed by atoms with Crippen LogP contribution in [0.3, 0.4) is 0 Å². The van der Waals surface area contributed by atoms with Gasteiger partial charge in [0.2, 0.25) is 5.91 Å². The fourth-order valence-electron chi connectivity index (χ4n) is 3.56. The van der Waals surface area contributed by atoms with Gasteiger partial charge in [0, 0.05) is 41.2 Å². The van der Waals surface area contributed by atoms with Crippen LogP contribution in [0.2, 0.25) is 0 Å². The lowest BCUT2D eigenvalue weighted by Gasteiger charge is -2.19. The van der Waals surface area contributed by atoms with Crippen LogP contribution < -0.4 is 25.5 Å². The molecule has 3 rings (SSSR count). The topological polar surface area (TPSA) is 98.7 Å². The summed E-state index contributed by atoms with van der Waals surface area (Å²) in [6.07, 6.45) is 0. The molecule has 0 aliphatic heterocycles. The lowest BCUT2D eigenvalue weighted by molar-refractivity contribution is -0.116. The van der Waals surface area contributed by atoms with Crippen molar-refractivity contribution in [3.63, 3.8) is 0 Å². The van der Waals surface area contributed by atoms with E-state index < -0.39 is 0 Å². The zero-order valence-corrected chi connectivity index (χ0v) is 19.8.